The number of halogens is 3. The van der Waals surface area contributed by atoms with E-state index in [4.69, 9.17) is 27.9 Å². The third kappa shape index (κ3) is 3.01. The van der Waals surface area contributed by atoms with E-state index in [0.717, 1.165) is 5.06 Å². The summed E-state index contributed by atoms with van der Waals surface area (Å²) in [6, 6.07) is 3.10. The number of carbonyl (C=O) groups is 1. The lowest BCUT2D eigenvalue weighted by molar-refractivity contribution is -0.239. The van der Waals surface area contributed by atoms with Crippen LogP contribution < -0.4 is 8.85 Å². The minimum Gasteiger partial charge on any atom is -0.454 e. The van der Waals surface area contributed by atoms with Crippen molar-refractivity contribution in [2.24, 2.45) is 4.99 Å². The number of rotatable bonds is 3. The topological polar surface area (TPSA) is 130 Å². The number of nitrogens with one attached hydrogen (secondary N) is 2. The van der Waals surface area contributed by atoms with Crippen molar-refractivity contribution in [3.8, 4) is 0 Å². The molecule has 13 heteroatoms. The van der Waals surface area contributed by atoms with E-state index in [-0.39, 0.29) is 34.6 Å². The van der Waals surface area contributed by atoms with Crippen LogP contribution in [0.15, 0.2) is 35.6 Å². The van der Waals surface area contributed by atoms with E-state index >= 15 is 0 Å². The largest absolute Gasteiger partial charge is 0.454 e. The van der Waals surface area contributed by atoms with Gasteiger partial charge in [-0.25, -0.2) is 14.9 Å². The fourth-order valence-corrected chi connectivity index (χ4v) is 5.43. The summed E-state index contributed by atoms with van der Waals surface area (Å²) >= 11 is 14.0. The standard InChI is InChI=1S/C18H20Cl2IN5O5/c1-8-22-14-11(7-27)23-16(24-21)25-6-12(17(2,29)18(14,25)26(8)30)31-15(28)9-4-3-5-10(19)13(9)20/h3-5,11-12,14,22,27,29-30H,1,6-7H2,2H3,(H,23,24)/t11-,12-,14?,17-,18?/m0/s1. The van der Waals surface area contributed by atoms with Gasteiger partial charge in [-0.15, -0.1) is 0 Å². The molecule has 0 bridgehead atoms. The molecule has 3 aliphatic rings. The lowest BCUT2D eigenvalue weighted by Gasteiger charge is -2.51. The highest BCUT2D eigenvalue weighted by Gasteiger charge is 2.75. The number of nitrogens with zero attached hydrogens (tertiary/aromatic N) is 3. The number of benzene rings is 1. The number of aliphatic imine (C=N–C) groups is 1. The summed E-state index contributed by atoms with van der Waals surface area (Å²) in [7, 11) is 0. The minimum atomic E-state index is -1.83. The Bertz CT molecular complexity index is 979. The molecule has 3 heterocycles. The lowest BCUT2D eigenvalue weighted by atomic mass is 9.79. The van der Waals surface area contributed by atoms with Gasteiger partial charge < -0.3 is 25.2 Å². The first kappa shape index (κ1) is 22.7. The average molecular weight is 584 g/mol. The third-order valence-corrected chi connectivity index (χ3v) is 7.39. The summed E-state index contributed by atoms with van der Waals surface area (Å²) in [5, 5.41) is 36.6. The molecule has 0 saturated carbocycles. The number of hydrogen-bond donors (Lipinski definition) is 5. The van der Waals surface area contributed by atoms with Crippen molar-refractivity contribution in [1.29, 1.82) is 0 Å². The Labute approximate surface area is 201 Å². The van der Waals surface area contributed by atoms with Gasteiger partial charge in [0, 0.05) is 0 Å². The van der Waals surface area contributed by atoms with Crippen LogP contribution in [-0.4, -0.2) is 79.9 Å². The molecule has 1 spiro atoms. The van der Waals surface area contributed by atoms with Gasteiger partial charge in [0.25, 0.3) is 0 Å². The molecular weight excluding hydrogens is 564 g/mol. The predicted octanol–water partition coefficient (Wildman–Crippen LogP) is 1.09. The quantitative estimate of drug-likeness (QED) is 0.202. The maximum absolute atomic E-state index is 12.9. The van der Waals surface area contributed by atoms with Crippen molar-refractivity contribution in [1.82, 2.24) is 18.8 Å². The van der Waals surface area contributed by atoms with Crippen LogP contribution in [0.3, 0.4) is 0 Å². The summed E-state index contributed by atoms with van der Waals surface area (Å²) in [4.78, 5) is 19.0. The van der Waals surface area contributed by atoms with Crippen LogP contribution in [0.25, 0.3) is 0 Å². The highest BCUT2D eigenvalue weighted by molar-refractivity contribution is 14.1. The third-order valence-electron chi connectivity index (χ3n) is 6.09. The number of ether oxygens (including phenoxy) is 1. The highest BCUT2D eigenvalue weighted by Crippen LogP contribution is 2.51. The second kappa shape index (κ2) is 7.81. The lowest BCUT2D eigenvalue weighted by Crippen LogP contribution is -2.76. The van der Waals surface area contributed by atoms with Gasteiger partial charge in [-0.1, -0.05) is 35.8 Å². The highest BCUT2D eigenvalue weighted by atomic mass is 127. The van der Waals surface area contributed by atoms with Gasteiger partial charge in [0.2, 0.25) is 5.96 Å². The van der Waals surface area contributed by atoms with Crippen LogP contribution >= 0.6 is 46.1 Å². The Morgan fingerprint density at radius 1 is 1.52 bits per heavy atom. The van der Waals surface area contributed by atoms with Gasteiger partial charge in [-0.2, -0.15) is 0 Å². The summed E-state index contributed by atoms with van der Waals surface area (Å²) in [6.07, 6.45) is -1.10. The van der Waals surface area contributed by atoms with Gasteiger partial charge in [0.05, 0.1) is 57.7 Å². The number of carbonyl (C=O) groups excluding carboxylic acids is 1. The monoisotopic (exact) mass is 583 g/mol. The van der Waals surface area contributed by atoms with E-state index < -0.39 is 35.4 Å². The smallest absolute Gasteiger partial charge is 0.340 e. The fourth-order valence-electron chi connectivity index (χ4n) is 4.62. The van der Waals surface area contributed by atoms with Crippen molar-refractivity contribution in [3.05, 3.63) is 46.2 Å². The van der Waals surface area contributed by atoms with Crippen LogP contribution in [0.4, 0.5) is 0 Å². The second-order valence-electron chi connectivity index (χ2n) is 7.66. The molecule has 2 unspecified atom stereocenters. The number of guanidine groups is 1. The molecule has 0 aromatic heterocycles. The van der Waals surface area contributed by atoms with Crippen LogP contribution in [-0.2, 0) is 4.74 Å². The number of hydroxylamine groups is 2. The maximum Gasteiger partial charge on any atom is 0.340 e. The van der Waals surface area contributed by atoms with Crippen LogP contribution in [0.5, 0.6) is 0 Å². The van der Waals surface area contributed by atoms with Gasteiger partial charge in [0.1, 0.15) is 17.5 Å². The van der Waals surface area contributed by atoms with Gasteiger partial charge in [-0.3, -0.25) is 8.74 Å². The molecule has 1 aromatic carbocycles. The number of esters is 1. The Morgan fingerprint density at radius 2 is 2.23 bits per heavy atom. The van der Waals surface area contributed by atoms with Crippen LogP contribution in [0, 0.1) is 0 Å². The first-order valence-corrected chi connectivity index (χ1v) is 11.1. The summed E-state index contributed by atoms with van der Waals surface area (Å²) < 4.78 is 8.56. The zero-order chi connectivity index (χ0) is 22.7. The van der Waals surface area contributed by atoms with Crippen molar-refractivity contribution >= 4 is 58.0 Å². The summed E-state index contributed by atoms with van der Waals surface area (Å²) in [5.74, 6) is -0.367. The molecule has 5 N–H and O–H groups in total. The van der Waals surface area contributed by atoms with Crippen LogP contribution in [0.2, 0.25) is 10.0 Å². The molecule has 2 saturated heterocycles. The minimum absolute atomic E-state index is 0.00751. The van der Waals surface area contributed by atoms with Crippen molar-refractivity contribution in [2.75, 3.05) is 13.2 Å². The van der Waals surface area contributed by atoms with E-state index in [1.807, 2.05) is 22.9 Å². The average Bonchev–Trinajstić information content (AvgIpc) is 3.14. The molecule has 31 heavy (non-hydrogen) atoms. The molecule has 10 nitrogen and oxygen atoms in total. The molecule has 168 valence electrons. The van der Waals surface area contributed by atoms with Crippen molar-refractivity contribution < 1.29 is 25.0 Å². The SMILES string of the molecule is C=C1NC2[C@H](CO)N=C(NI)N3C[C@H](OC(=O)c4cccc(Cl)c4Cl)[C@](C)(O)C23N1O. The number of aliphatic hydroxyl groups excluding tert-OH is 1. The predicted molar refractivity (Wildman–Crippen MR) is 121 cm³/mol. The first-order chi connectivity index (χ1) is 14.6. The Kier molecular flexibility index (Phi) is 5.72. The van der Waals surface area contributed by atoms with Crippen molar-refractivity contribution in [3.63, 3.8) is 0 Å². The summed E-state index contributed by atoms with van der Waals surface area (Å²) in [5.41, 5.74) is -3.34. The van der Waals surface area contributed by atoms with E-state index in [2.05, 4.69) is 20.4 Å². The normalized spacial score (nSPS) is 34.1. The molecule has 5 atom stereocenters. The van der Waals surface area contributed by atoms with Gasteiger partial charge >= 0.3 is 5.97 Å². The van der Waals surface area contributed by atoms with Crippen molar-refractivity contribution in [2.45, 2.75) is 36.4 Å². The zero-order valence-electron chi connectivity index (χ0n) is 16.2. The Hall–Kier alpha value is -1.51. The van der Waals surface area contributed by atoms with Crippen LogP contribution in [0.1, 0.15) is 17.3 Å². The maximum atomic E-state index is 12.9. The van der Waals surface area contributed by atoms with E-state index in [9.17, 15) is 20.2 Å². The Balaban J connectivity index is 1.76. The fraction of sp³-hybridized carbons (Fsp3) is 0.444. The van der Waals surface area contributed by atoms with Gasteiger partial charge in [-0.05, 0) is 19.1 Å². The first-order valence-electron chi connectivity index (χ1n) is 9.26. The molecule has 0 aliphatic carbocycles. The van der Waals surface area contributed by atoms with E-state index in [1.165, 1.54) is 13.0 Å². The molecule has 2 fully saturated rings. The molecule has 0 amide bonds. The molecule has 4 rings (SSSR count). The number of aliphatic hydroxyl groups is 2. The van der Waals surface area contributed by atoms with E-state index in [0.29, 0.717) is 5.96 Å². The second-order valence-corrected chi connectivity index (χ2v) is 8.98. The molecule has 0 radical (unpaired) electrons. The zero-order valence-corrected chi connectivity index (χ0v) is 19.9. The summed E-state index contributed by atoms with van der Waals surface area (Å²) in [6.45, 7) is 4.88. The number of hydrogen-bond acceptors (Lipinski definition) is 10. The van der Waals surface area contributed by atoms with Gasteiger partial charge in [0.15, 0.2) is 11.8 Å². The van der Waals surface area contributed by atoms with E-state index in [1.54, 1.807) is 17.0 Å². The molecule has 3 aliphatic heterocycles. The molecule has 1 aromatic rings. The Morgan fingerprint density at radius 3 is 2.87 bits per heavy atom. The molecular formula is C18H20Cl2IN5O5.